The van der Waals surface area contributed by atoms with Crippen molar-refractivity contribution in [3.63, 3.8) is 0 Å². The van der Waals surface area contributed by atoms with Crippen molar-refractivity contribution in [2.24, 2.45) is 5.92 Å². The highest BCUT2D eigenvalue weighted by atomic mass is 15.2. The smallest absolute Gasteiger partial charge is 0.130 e. The van der Waals surface area contributed by atoms with E-state index in [9.17, 15) is 0 Å². The standard InChI is InChI=1S/C11H17N3/c1-9-6-7-14(8-9)11-5-3-4-10(12-2)13-11/h3-5,9H,6-8H2,1-2H3,(H,12,13). The zero-order valence-corrected chi connectivity index (χ0v) is 8.83. The molecule has 1 aliphatic rings. The van der Waals surface area contributed by atoms with Crippen molar-refractivity contribution in [2.75, 3.05) is 30.4 Å². The van der Waals surface area contributed by atoms with Crippen LogP contribution in [0.3, 0.4) is 0 Å². The number of nitrogens with one attached hydrogen (secondary N) is 1. The molecule has 0 aliphatic carbocycles. The zero-order chi connectivity index (χ0) is 9.97. The fourth-order valence-electron chi connectivity index (χ4n) is 1.88. The molecule has 1 aliphatic heterocycles. The first-order valence-electron chi connectivity index (χ1n) is 5.19. The van der Waals surface area contributed by atoms with E-state index in [1.54, 1.807) is 0 Å². The van der Waals surface area contributed by atoms with Gasteiger partial charge in [0.05, 0.1) is 0 Å². The summed E-state index contributed by atoms with van der Waals surface area (Å²) in [4.78, 5) is 6.88. The SMILES string of the molecule is CNc1cccc(N2CCC(C)C2)n1. The summed E-state index contributed by atoms with van der Waals surface area (Å²) in [7, 11) is 1.90. The molecule has 1 unspecified atom stereocenters. The number of nitrogens with zero attached hydrogens (tertiary/aromatic N) is 2. The normalized spacial score (nSPS) is 21.3. The molecule has 1 saturated heterocycles. The van der Waals surface area contributed by atoms with Crippen LogP contribution in [0.2, 0.25) is 0 Å². The molecule has 14 heavy (non-hydrogen) atoms. The van der Waals surface area contributed by atoms with Gasteiger partial charge in [0, 0.05) is 20.1 Å². The molecular weight excluding hydrogens is 174 g/mol. The maximum atomic E-state index is 4.52. The number of aromatic nitrogens is 1. The van der Waals surface area contributed by atoms with Gasteiger partial charge in [-0.1, -0.05) is 13.0 Å². The van der Waals surface area contributed by atoms with Crippen molar-refractivity contribution >= 4 is 11.6 Å². The van der Waals surface area contributed by atoms with Gasteiger partial charge in [-0.05, 0) is 24.5 Å². The minimum atomic E-state index is 0.801. The molecule has 1 aromatic rings. The van der Waals surface area contributed by atoms with Gasteiger partial charge in [0.2, 0.25) is 0 Å². The van der Waals surface area contributed by atoms with E-state index in [0.717, 1.165) is 30.6 Å². The number of hydrogen-bond donors (Lipinski definition) is 1. The number of anilines is 2. The van der Waals surface area contributed by atoms with E-state index in [-0.39, 0.29) is 0 Å². The van der Waals surface area contributed by atoms with Gasteiger partial charge in [-0.3, -0.25) is 0 Å². The molecule has 0 saturated carbocycles. The summed E-state index contributed by atoms with van der Waals surface area (Å²) in [5.41, 5.74) is 0. The van der Waals surface area contributed by atoms with E-state index < -0.39 is 0 Å². The second-order valence-corrected chi connectivity index (χ2v) is 3.97. The summed E-state index contributed by atoms with van der Waals surface area (Å²) in [5.74, 6) is 2.85. The third-order valence-corrected chi connectivity index (χ3v) is 2.74. The molecule has 1 N–H and O–H groups in total. The lowest BCUT2D eigenvalue weighted by atomic mass is 10.2. The zero-order valence-electron chi connectivity index (χ0n) is 8.83. The van der Waals surface area contributed by atoms with Gasteiger partial charge in [0.1, 0.15) is 11.6 Å². The van der Waals surface area contributed by atoms with E-state index in [2.05, 4.69) is 34.3 Å². The molecule has 0 spiro atoms. The van der Waals surface area contributed by atoms with Crippen LogP contribution in [0.4, 0.5) is 11.6 Å². The molecule has 2 heterocycles. The molecule has 76 valence electrons. The topological polar surface area (TPSA) is 28.2 Å². The lowest BCUT2D eigenvalue weighted by molar-refractivity contribution is 0.659. The maximum absolute atomic E-state index is 4.52. The Kier molecular flexibility index (Phi) is 2.57. The summed E-state index contributed by atoms with van der Waals surface area (Å²) in [6, 6.07) is 6.12. The molecule has 3 heteroatoms. The van der Waals surface area contributed by atoms with Crippen LogP contribution in [0.5, 0.6) is 0 Å². The van der Waals surface area contributed by atoms with E-state index in [1.165, 1.54) is 6.42 Å². The Morgan fingerprint density at radius 2 is 2.36 bits per heavy atom. The average molecular weight is 191 g/mol. The van der Waals surface area contributed by atoms with Crippen LogP contribution >= 0.6 is 0 Å². The third kappa shape index (κ3) is 1.81. The molecule has 0 bridgehead atoms. The number of hydrogen-bond acceptors (Lipinski definition) is 3. The van der Waals surface area contributed by atoms with Gasteiger partial charge < -0.3 is 10.2 Å². The van der Waals surface area contributed by atoms with E-state index in [0.29, 0.717) is 0 Å². The largest absolute Gasteiger partial charge is 0.373 e. The third-order valence-electron chi connectivity index (χ3n) is 2.74. The van der Waals surface area contributed by atoms with Crippen LogP contribution in [0, 0.1) is 5.92 Å². The van der Waals surface area contributed by atoms with Crippen molar-refractivity contribution in [3.8, 4) is 0 Å². The summed E-state index contributed by atoms with van der Waals surface area (Å²) >= 11 is 0. The van der Waals surface area contributed by atoms with Gasteiger partial charge in [-0.15, -0.1) is 0 Å². The molecule has 1 aromatic heterocycles. The highest BCUT2D eigenvalue weighted by molar-refractivity contribution is 5.47. The quantitative estimate of drug-likeness (QED) is 0.774. The van der Waals surface area contributed by atoms with Crippen molar-refractivity contribution in [1.29, 1.82) is 0 Å². The Balaban J connectivity index is 2.15. The van der Waals surface area contributed by atoms with Crippen molar-refractivity contribution in [1.82, 2.24) is 4.98 Å². The van der Waals surface area contributed by atoms with Crippen LogP contribution in [-0.2, 0) is 0 Å². The molecule has 1 atom stereocenters. The highest BCUT2D eigenvalue weighted by Crippen LogP contribution is 2.22. The minimum absolute atomic E-state index is 0.801. The molecule has 0 amide bonds. The van der Waals surface area contributed by atoms with Gasteiger partial charge in [0.15, 0.2) is 0 Å². The molecule has 0 aromatic carbocycles. The Morgan fingerprint density at radius 3 is 3.00 bits per heavy atom. The van der Waals surface area contributed by atoms with E-state index in [1.807, 2.05) is 13.1 Å². The van der Waals surface area contributed by atoms with Gasteiger partial charge in [0.25, 0.3) is 0 Å². The minimum Gasteiger partial charge on any atom is -0.373 e. The predicted molar refractivity (Wildman–Crippen MR) is 59.8 cm³/mol. The Bertz CT molecular complexity index is 311. The second kappa shape index (κ2) is 3.86. The van der Waals surface area contributed by atoms with Crippen LogP contribution in [0.15, 0.2) is 18.2 Å². The van der Waals surface area contributed by atoms with E-state index in [4.69, 9.17) is 0 Å². The molecule has 2 rings (SSSR count). The van der Waals surface area contributed by atoms with Gasteiger partial charge in [-0.25, -0.2) is 4.98 Å². The van der Waals surface area contributed by atoms with Crippen molar-refractivity contribution in [3.05, 3.63) is 18.2 Å². The first-order valence-corrected chi connectivity index (χ1v) is 5.19. The predicted octanol–water partition coefficient (Wildman–Crippen LogP) is 1.97. The molecule has 1 fully saturated rings. The highest BCUT2D eigenvalue weighted by Gasteiger charge is 2.19. The summed E-state index contributed by atoms with van der Waals surface area (Å²) in [6.45, 7) is 4.57. The fourth-order valence-corrected chi connectivity index (χ4v) is 1.88. The lowest BCUT2D eigenvalue weighted by Gasteiger charge is -2.17. The Labute approximate surface area is 85.1 Å². The van der Waals surface area contributed by atoms with Crippen LogP contribution < -0.4 is 10.2 Å². The second-order valence-electron chi connectivity index (χ2n) is 3.97. The average Bonchev–Trinajstić information content (AvgIpc) is 2.65. The lowest BCUT2D eigenvalue weighted by Crippen LogP contribution is -2.20. The van der Waals surface area contributed by atoms with Crippen molar-refractivity contribution in [2.45, 2.75) is 13.3 Å². The first kappa shape index (κ1) is 9.31. The number of rotatable bonds is 2. The van der Waals surface area contributed by atoms with E-state index >= 15 is 0 Å². The molecule has 0 radical (unpaired) electrons. The summed E-state index contributed by atoms with van der Waals surface area (Å²) in [5, 5.41) is 3.06. The van der Waals surface area contributed by atoms with Gasteiger partial charge >= 0.3 is 0 Å². The van der Waals surface area contributed by atoms with Crippen molar-refractivity contribution < 1.29 is 0 Å². The van der Waals surface area contributed by atoms with Crippen LogP contribution in [0.25, 0.3) is 0 Å². The molecule has 3 nitrogen and oxygen atoms in total. The number of pyridine rings is 1. The Morgan fingerprint density at radius 1 is 1.50 bits per heavy atom. The van der Waals surface area contributed by atoms with Crippen LogP contribution in [-0.4, -0.2) is 25.1 Å². The summed E-state index contributed by atoms with van der Waals surface area (Å²) < 4.78 is 0. The first-order chi connectivity index (χ1) is 6.79. The summed E-state index contributed by atoms with van der Waals surface area (Å²) in [6.07, 6.45) is 1.28. The van der Waals surface area contributed by atoms with Gasteiger partial charge in [-0.2, -0.15) is 0 Å². The Hall–Kier alpha value is -1.25. The maximum Gasteiger partial charge on any atom is 0.130 e. The monoisotopic (exact) mass is 191 g/mol. The van der Waals surface area contributed by atoms with Crippen LogP contribution in [0.1, 0.15) is 13.3 Å². The fraction of sp³-hybridized carbons (Fsp3) is 0.545. The molecular formula is C11H17N3.